The third-order valence-electron chi connectivity index (χ3n) is 7.16. The van der Waals surface area contributed by atoms with Gasteiger partial charge in [-0.05, 0) is 38.0 Å². The molecule has 0 bridgehead atoms. The van der Waals surface area contributed by atoms with Crippen molar-refractivity contribution in [1.29, 1.82) is 0 Å². The van der Waals surface area contributed by atoms with Crippen LogP contribution < -0.4 is 0 Å². The number of carbonyl (C=O) groups is 1. The standard InChI is InChI=1S/C26H48O2/c1-2-3-4-5-6-7-8-9-10-17-22-28-26(24-20-15-12-16-21-24)25(27)23-18-13-11-14-19-23/h23-24,26H,2-22H2,1H3. The molecule has 0 aromatic heterocycles. The largest absolute Gasteiger partial charge is 0.370 e. The average Bonchev–Trinajstić information content (AvgIpc) is 2.75. The second kappa shape index (κ2) is 15.5. The molecule has 0 amide bonds. The summed E-state index contributed by atoms with van der Waals surface area (Å²) < 4.78 is 6.32. The molecule has 2 aliphatic carbocycles. The second-order valence-corrected chi connectivity index (χ2v) is 9.61. The van der Waals surface area contributed by atoms with Gasteiger partial charge in [-0.2, -0.15) is 0 Å². The van der Waals surface area contributed by atoms with Crippen molar-refractivity contribution < 1.29 is 9.53 Å². The molecule has 2 rings (SSSR count). The molecule has 2 aliphatic rings. The van der Waals surface area contributed by atoms with E-state index in [0.717, 1.165) is 25.9 Å². The van der Waals surface area contributed by atoms with E-state index in [4.69, 9.17) is 4.74 Å². The number of hydrogen-bond donors (Lipinski definition) is 0. The molecular weight excluding hydrogens is 344 g/mol. The monoisotopic (exact) mass is 392 g/mol. The van der Waals surface area contributed by atoms with Crippen molar-refractivity contribution in [3.63, 3.8) is 0 Å². The van der Waals surface area contributed by atoms with E-state index in [2.05, 4.69) is 6.92 Å². The Labute approximate surface area is 175 Å². The van der Waals surface area contributed by atoms with Gasteiger partial charge in [-0.1, -0.05) is 103 Å². The Kier molecular flexibility index (Phi) is 13.2. The number of ether oxygens (including phenoxy) is 1. The van der Waals surface area contributed by atoms with Crippen LogP contribution in [-0.4, -0.2) is 18.5 Å². The molecule has 0 N–H and O–H groups in total. The summed E-state index contributed by atoms with van der Waals surface area (Å²) in [6, 6.07) is 0. The quantitative estimate of drug-likeness (QED) is 0.264. The SMILES string of the molecule is CCCCCCCCCCCCOC(C(=O)C1CCCCC1)C1CCCCC1. The first-order valence-electron chi connectivity index (χ1n) is 13.0. The fourth-order valence-electron chi connectivity index (χ4n) is 5.31. The summed E-state index contributed by atoms with van der Waals surface area (Å²) in [7, 11) is 0. The third-order valence-corrected chi connectivity index (χ3v) is 7.16. The van der Waals surface area contributed by atoms with Crippen molar-refractivity contribution in [2.45, 2.75) is 141 Å². The van der Waals surface area contributed by atoms with Crippen LogP contribution in [0.3, 0.4) is 0 Å². The summed E-state index contributed by atoms with van der Waals surface area (Å²) in [4.78, 5) is 13.2. The lowest BCUT2D eigenvalue weighted by Gasteiger charge is -2.32. The molecule has 28 heavy (non-hydrogen) atoms. The molecular formula is C26H48O2. The lowest BCUT2D eigenvalue weighted by molar-refractivity contribution is -0.140. The number of Topliss-reactive ketones (excluding diaryl/α,β-unsaturated/α-hetero) is 1. The second-order valence-electron chi connectivity index (χ2n) is 9.61. The Hall–Kier alpha value is -0.370. The van der Waals surface area contributed by atoms with E-state index < -0.39 is 0 Å². The highest BCUT2D eigenvalue weighted by atomic mass is 16.5. The van der Waals surface area contributed by atoms with Gasteiger partial charge >= 0.3 is 0 Å². The maximum atomic E-state index is 13.2. The molecule has 0 spiro atoms. The Bertz CT molecular complexity index is 380. The lowest BCUT2D eigenvalue weighted by Crippen LogP contribution is -2.38. The fraction of sp³-hybridized carbons (Fsp3) is 0.962. The van der Waals surface area contributed by atoms with Crippen LogP contribution in [0.15, 0.2) is 0 Å². The van der Waals surface area contributed by atoms with Crippen LogP contribution in [0.25, 0.3) is 0 Å². The maximum Gasteiger partial charge on any atom is 0.164 e. The predicted molar refractivity (Wildman–Crippen MR) is 120 cm³/mol. The van der Waals surface area contributed by atoms with Crippen molar-refractivity contribution in [3.05, 3.63) is 0 Å². The van der Waals surface area contributed by atoms with Crippen molar-refractivity contribution >= 4 is 5.78 Å². The first-order valence-corrected chi connectivity index (χ1v) is 13.0. The third kappa shape index (κ3) is 9.42. The first-order chi connectivity index (χ1) is 13.8. The van der Waals surface area contributed by atoms with E-state index in [-0.39, 0.29) is 6.10 Å². The van der Waals surface area contributed by atoms with Crippen LogP contribution in [0.2, 0.25) is 0 Å². The topological polar surface area (TPSA) is 26.3 Å². The fourth-order valence-corrected chi connectivity index (χ4v) is 5.31. The maximum absolute atomic E-state index is 13.2. The van der Waals surface area contributed by atoms with Crippen LogP contribution in [0.1, 0.15) is 135 Å². The minimum absolute atomic E-state index is 0.0815. The molecule has 1 unspecified atom stereocenters. The Morgan fingerprint density at radius 2 is 1.21 bits per heavy atom. The smallest absolute Gasteiger partial charge is 0.164 e. The minimum atomic E-state index is -0.0815. The van der Waals surface area contributed by atoms with Crippen LogP contribution in [-0.2, 0) is 9.53 Å². The molecule has 2 nitrogen and oxygen atoms in total. The molecule has 0 aromatic rings. The van der Waals surface area contributed by atoms with E-state index in [1.165, 1.54) is 109 Å². The molecule has 1 atom stereocenters. The zero-order valence-corrected chi connectivity index (χ0v) is 18.9. The van der Waals surface area contributed by atoms with Gasteiger partial charge in [-0.15, -0.1) is 0 Å². The summed E-state index contributed by atoms with van der Waals surface area (Å²) in [5, 5.41) is 0. The Balaban J connectivity index is 1.61. The van der Waals surface area contributed by atoms with Gasteiger partial charge in [0.05, 0.1) is 0 Å². The average molecular weight is 393 g/mol. The summed E-state index contributed by atoms with van der Waals surface area (Å²) in [6.07, 6.45) is 25.8. The van der Waals surface area contributed by atoms with E-state index in [1.807, 2.05) is 0 Å². The summed E-state index contributed by atoms with van der Waals surface area (Å²) >= 11 is 0. The molecule has 2 heteroatoms. The van der Waals surface area contributed by atoms with E-state index in [0.29, 0.717) is 17.6 Å². The van der Waals surface area contributed by atoms with Gasteiger partial charge in [-0.3, -0.25) is 4.79 Å². The molecule has 164 valence electrons. The predicted octanol–water partition coefficient (Wildman–Crippen LogP) is 8.02. The van der Waals surface area contributed by atoms with Gasteiger partial charge in [0.25, 0.3) is 0 Å². The van der Waals surface area contributed by atoms with Crippen LogP contribution in [0.5, 0.6) is 0 Å². The number of unbranched alkanes of at least 4 members (excludes halogenated alkanes) is 9. The van der Waals surface area contributed by atoms with Crippen molar-refractivity contribution in [3.8, 4) is 0 Å². The van der Waals surface area contributed by atoms with Crippen molar-refractivity contribution in [1.82, 2.24) is 0 Å². The summed E-state index contributed by atoms with van der Waals surface area (Å²) in [5.41, 5.74) is 0. The van der Waals surface area contributed by atoms with Gasteiger partial charge in [-0.25, -0.2) is 0 Å². The van der Waals surface area contributed by atoms with Gasteiger partial charge in [0, 0.05) is 12.5 Å². The lowest BCUT2D eigenvalue weighted by atomic mass is 9.77. The van der Waals surface area contributed by atoms with Gasteiger partial charge in [0.15, 0.2) is 5.78 Å². The number of rotatable bonds is 15. The highest BCUT2D eigenvalue weighted by Crippen LogP contribution is 2.33. The normalized spacial score (nSPS) is 20.3. The van der Waals surface area contributed by atoms with Crippen LogP contribution >= 0.6 is 0 Å². The summed E-state index contributed by atoms with van der Waals surface area (Å²) in [6.45, 7) is 3.08. The van der Waals surface area contributed by atoms with Gasteiger partial charge in [0.2, 0.25) is 0 Å². The summed E-state index contributed by atoms with van der Waals surface area (Å²) in [5.74, 6) is 1.28. The van der Waals surface area contributed by atoms with E-state index in [1.54, 1.807) is 0 Å². The number of ketones is 1. The Morgan fingerprint density at radius 3 is 1.79 bits per heavy atom. The van der Waals surface area contributed by atoms with Crippen molar-refractivity contribution in [2.75, 3.05) is 6.61 Å². The van der Waals surface area contributed by atoms with Crippen molar-refractivity contribution in [2.24, 2.45) is 11.8 Å². The van der Waals surface area contributed by atoms with E-state index in [9.17, 15) is 4.79 Å². The molecule has 0 saturated heterocycles. The number of hydrogen-bond acceptors (Lipinski definition) is 2. The van der Waals surface area contributed by atoms with Crippen LogP contribution in [0, 0.1) is 11.8 Å². The number of carbonyl (C=O) groups excluding carboxylic acids is 1. The zero-order valence-electron chi connectivity index (χ0n) is 18.9. The highest BCUT2D eigenvalue weighted by Gasteiger charge is 2.34. The molecule has 2 fully saturated rings. The molecule has 0 aromatic carbocycles. The van der Waals surface area contributed by atoms with Gasteiger partial charge in [0.1, 0.15) is 6.10 Å². The van der Waals surface area contributed by atoms with E-state index >= 15 is 0 Å². The zero-order chi connectivity index (χ0) is 19.9. The molecule has 0 heterocycles. The molecule has 0 radical (unpaired) electrons. The Morgan fingerprint density at radius 1 is 0.714 bits per heavy atom. The highest BCUT2D eigenvalue weighted by molar-refractivity contribution is 5.85. The molecule has 0 aliphatic heterocycles. The van der Waals surface area contributed by atoms with Gasteiger partial charge < -0.3 is 4.74 Å². The molecule has 2 saturated carbocycles. The van der Waals surface area contributed by atoms with Crippen LogP contribution in [0.4, 0.5) is 0 Å². The first kappa shape index (κ1) is 23.9. The minimum Gasteiger partial charge on any atom is -0.370 e.